The van der Waals surface area contributed by atoms with E-state index in [4.69, 9.17) is 0 Å². The summed E-state index contributed by atoms with van der Waals surface area (Å²) in [4.78, 5) is 6.98. The second-order valence-corrected chi connectivity index (χ2v) is 6.47. The zero-order chi connectivity index (χ0) is 18.1. The summed E-state index contributed by atoms with van der Waals surface area (Å²) < 4.78 is 27.3. The first-order valence-corrected chi connectivity index (χ1v) is 9.34. The number of benzene rings is 1. The lowest BCUT2D eigenvalue weighted by Gasteiger charge is -2.32. The third-order valence-corrected chi connectivity index (χ3v) is 4.51. The number of hydrogen-bond acceptors (Lipinski definition) is 2. The molecule has 0 unspecified atom stereocenters. The van der Waals surface area contributed by atoms with Crippen LogP contribution in [-0.2, 0) is 6.42 Å². The quantitative estimate of drug-likeness (QED) is 0.356. The van der Waals surface area contributed by atoms with Gasteiger partial charge in [0.2, 0.25) is 0 Å². The Morgan fingerprint density at radius 2 is 1.85 bits per heavy atom. The highest BCUT2D eigenvalue weighted by molar-refractivity contribution is 14.0. The maximum atomic E-state index is 13.7. The molecule has 1 heterocycles. The van der Waals surface area contributed by atoms with Crippen LogP contribution in [0.1, 0.15) is 38.7 Å². The molecule has 1 aliphatic heterocycles. The molecular weight excluding hydrogens is 449 g/mol. The second kappa shape index (κ2) is 12.4. The van der Waals surface area contributed by atoms with Crippen molar-refractivity contribution in [1.29, 1.82) is 0 Å². The Hall–Kier alpha value is -0.960. The molecule has 0 amide bonds. The Balaban J connectivity index is 0.00000338. The van der Waals surface area contributed by atoms with Crippen LogP contribution in [0.2, 0.25) is 0 Å². The minimum atomic E-state index is -0.503. The second-order valence-electron chi connectivity index (χ2n) is 6.47. The van der Waals surface area contributed by atoms with Crippen LogP contribution in [0.5, 0.6) is 0 Å². The summed E-state index contributed by atoms with van der Waals surface area (Å²) in [6, 6.07) is 4.36. The largest absolute Gasteiger partial charge is 0.357 e. The predicted molar refractivity (Wildman–Crippen MR) is 114 cm³/mol. The van der Waals surface area contributed by atoms with Gasteiger partial charge in [0.1, 0.15) is 11.6 Å². The average Bonchev–Trinajstić information content (AvgIpc) is 2.59. The molecule has 7 heteroatoms. The molecule has 0 aromatic heterocycles. The molecule has 0 radical (unpaired) electrons. The molecule has 1 fully saturated rings. The van der Waals surface area contributed by atoms with Crippen molar-refractivity contribution in [2.75, 3.05) is 32.7 Å². The first-order valence-electron chi connectivity index (χ1n) is 9.34. The smallest absolute Gasteiger partial charge is 0.191 e. The number of halogens is 3. The molecule has 0 aliphatic carbocycles. The summed E-state index contributed by atoms with van der Waals surface area (Å²) in [5.41, 5.74) is 0.106. The number of likely N-dealkylation sites (tertiary alicyclic amines) is 1. The van der Waals surface area contributed by atoms with Crippen molar-refractivity contribution < 1.29 is 8.78 Å². The number of nitrogens with zero attached hydrogens (tertiary/aromatic N) is 2. The Labute approximate surface area is 172 Å². The highest BCUT2D eigenvalue weighted by Gasteiger charge is 2.19. The molecule has 1 aromatic carbocycles. The standard InChI is InChI=1S/C19H30F2N4.HI/c1-3-12-25-13-9-15(10-14-25)24-19(22-4-2)23-11-8-16-17(20)6-5-7-18(16)21;/h5-7,15H,3-4,8-14H2,1-2H3,(H2,22,23,24);1H. The molecule has 0 bridgehead atoms. The summed E-state index contributed by atoms with van der Waals surface area (Å²) in [6.07, 6.45) is 3.62. The number of guanidine groups is 1. The number of piperidine rings is 1. The van der Waals surface area contributed by atoms with E-state index in [1.807, 2.05) is 6.92 Å². The van der Waals surface area contributed by atoms with Crippen molar-refractivity contribution >= 4 is 29.9 Å². The Morgan fingerprint density at radius 1 is 1.19 bits per heavy atom. The van der Waals surface area contributed by atoms with E-state index < -0.39 is 11.6 Å². The van der Waals surface area contributed by atoms with Crippen molar-refractivity contribution in [2.24, 2.45) is 4.99 Å². The van der Waals surface area contributed by atoms with Crippen molar-refractivity contribution in [2.45, 2.75) is 45.6 Å². The molecule has 0 atom stereocenters. The van der Waals surface area contributed by atoms with Crippen LogP contribution in [0.25, 0.3) is 0 Å². The van der Waals surface area contributed by atoms with Crippen LogP contribution >= 0.6 is 24.0 Å². The highest BCUT2D eigenvalue weighted by Crippen LogP contribution is 2.13. The highest BCUT2D eigenvalue weighted by atomic mass is 127. The van der Waals surface area contributed by atoms with Gasteiger partial charge < -0.3 is 15.5 Å². The molecule has 1 aliphatic rings. The van der Waals surface area contributed by atoms with Gasteiger partial charge in [-0.2, -0.15) is 0 Å². The van der Waals surface area contributed by atoms with Gasteiger partial charge in [-0.1, -0.05) is 13.0 Å². The number of hydrogen-bond donors (Lipinski definition) is 2. The molecule has 0 saturated carbocycles. The van der Waals surface area contributed by atoms with Gasteiger partial charge >= 0.3 is 0 Å². The Kier molecular flexibility index (Phi) is 11.0. The van der Waals surface area contributed by atoms with Gasteiger partial charge in [-0.25, -0.2) is 8.78 Å². The van der Waals surface area contributed by atoms with Gasteiger partial charge in [0, 0.05) is 37.8 Å². The van der Waals surface area contributed by atoms with E-state index >= 15 is 0 Å². The first-order chi connectivity index (χ1) is 12.1. The van der Waals surface area contributed by atoms with Gasteiger partial charge in [-0.3, -0.25) is 4.99 Å². The number of rotatable bonds is 7. The van der Waals surface area contributed by atoms with Crippen molar-refractivity contribution in [1.82, 2.24) is 15.5 Å². The lowest BCUT2D eigenvalue weighted by molar-refractivity contribution is 0.206. The zero-order valence-electron chi connectivity index (χ0n) is 15.7. The topological polar surface area (TPSA) is 39.7 Å². The molecule has 1 saturated heterocycles. The number of aliphatic imine (C=N–C) groups is 1. The average molecular weight is 480 g/mol. The fraction of sp³-hybridized carbons (Fsp3) is 0.632. The van der Waals surface area contributed by atoms with Crippen LogP contribution in [0.3, 0.4) is 0 Å². The summed E-state index contributed by atoms with van der Waals surface area (Å²) in [7, 11) is 0. The van der Waals surface area contributed by atoms with Crippen LogP contribution in [0.15, 0.2) is 23.2 Å². The van der Waals surface area contributed by atoms with E-state index in [-0.39, 0.29) is 36.0 Å². The third-order valence-electron chi connectivity index (χ3n) is 4.51. The van der Waals surface area contributed by atoms with Crippen molar-refractivity contribution in [3.63, 3.8) is 0 Å². The zero-order valence-corrected chi connectivity index (χ0v) is 18.1. The van der Waals surface area contributed by atoms with Crippen molar-refractivity contribution in [3.05, 3.63) is 35.4 Å². The van der Waals surface area contributed by atoms with Gasteiger partial charge in [0.25, 0.3) is 0 Å². The minimum Gasteiger partial charge on any atom is -0.357 e. The summed E-state index contributed by atoms with van der Waals surface area (Å²) >= 11 is 0. The molecule has 2 N–H and O–H groups in total. The van der Waals surface area contributed by atoms with Crippen LogP contribution < -0.4 is 10.6 Å². The molecule has 1 aromatic rings. The molecule has 4 nitrogen and oxygen atoms in total. The lowest BCUT2D eigenvalue weighted by Crippen LogP contribution is -2.48. The van der Waals surface area contributed by atoms with Crippen LogP contribution in [0.4, 0.5) is 8.78 Å². The molecular formula is C19H31F2IN4. The molecule has 0 spiro atoms. The normalized spacial score (nSPS) is 16.2. The Bertz CT molecular complexity index is 540. The Morgan fingerprint density at radius 3 is 2.42 bits per heavy atom. The van der Waals surface area contributed by atoms with Crippen LogP contribution in [0, 0.1) is 11.6 Å². The summed E-state index contributed by atoms with van der Waals surface area (Å²) in [5.74, 6) is -0.277. The lowest BCUT2D eigenvalue weighted by atomic mass is 10.1. The maximum absolute atomic E-state index is 13.7. The van der Waals surface area contributed by atoms with Gasteiger partial charge in [-0.05, 0) is 51.3 Å². The SMILES string of the molecule is CCCN1CCC(NC(=NCCc2c(F)cccc2F)NCC)CC1.I. The van der Waals surface area contributed by atoms with E-state index in [1.54, 1.807) is 0 Å². The molecule has 2 rings (SSSR count). The van der Waals surface area contributed by atoms with E-state index in [0.717, 1.165) is 45.0 Å². The predicted octanol–water partition coefficient (Wildman–Crippen LogP) is 3.55. The first kappa shape index (κ1) is 23.1. The van der Waals surface area contributed by atoms with E-state index in [0.29, 0.717) is 12.6 Å². The maximum Gasteiger partial charge on any atom is 0.191 e. The number of nitrogens with one attached hydrogen (secondary N) is 2. The summed E-state index contributed by atoms with van der Waals surface area (Å²) in [5, 5.41) is 6.68. The third kappa shape index (κ3) is 7.34. The van der Waals surface area contributed by atoms with E-state index in [1.165, 1.54) is 24.6 Å². The summed E-state index contributed by atoms with van der Waals surface area (Å²) in [6.45, 7) is 8.69. The molecule has 148 valence electrons. The van der Waals surface area contributed by atoms with Crippen LogP contribution in [-0.4, -0.2) is 49.6 Å². The van der Waals surface area contributed by atoms with E-state index in [2.05, 4.69) is 27.4 Å². The monoisotopic (exact) mass is 480 g/mol. The minimum absolute atomic E-state index is 0. The fourth-order valence-corrected chi connectivity index (χ4v) is 3.18. The molecule has 26 heavy (non-hydrogen) atoms. The van der Waals surface area contributed by atoms with Gasteiger partial charge in [0.15, 0.2) is 5.96 Å². The van der Waals surface area contributed by atoms with Gasteiger partial charge in [-0.15, -0.1) is 24.0 Å². The van der Waals surface area contributed by atoms with E-state index in [9.17, 15) is 8.78 Å². The fourth-order valence-electron chi connectivity index (χ4n) is 3.18. The van der Waals surface area contributed by atoms with Crippen molar-refractivity contribution in [3.8, 4) is 0 Å². The van der Waals surface area contributed by atoms with Gasteiger partial charge in [0.05, 0.1) is 0 Å².